The molecule has 0 radical (unpaired) electrons. The summed E-state index contributed by atoms with van der Waals surface area (Å²) in [7, 11) is 0. The first-order valence-corrected chi connectivity index (χ1v) is 9.80. The van der Waals surface area contributed by atoms with Crippen LogP contribution in [0.15, 0.2) is 56.0 Å². The van der Waals surface area contributed by atoms with Crippen molar-refractivity contribution in [3.05, 3.63) is 62.2 Å². The van der Waals surface area contributed by atoms with E-state index in [2.05, 4.69) is 36.9 Å². The van der Waals surface area contributed by atoms with E-state index in [4.69, 9.17) is 14.2 Å². The molecule has 7 nitrogen and oxygen atoms in total. The Morgan fingerprint density at radius 1 is 1.03 bits per heavy atom. The monoisotopic (exact) mass is 521 g/mol. The number of ether oxygens (including phenoxy) is 3. The first-order chi connectivity index (χ1) is 13.7. The van der Waals surface area contributed by atoms with E-state index in [1.54, 1.807) is 42.5 Å². The van der Waals surface area contributed by atoms with Crippen molar-refractivity contribution in [1.82, 2.24) is 0 Å². The second-order valence-corrected chi connectivity index (χ2v) is 7.57. The number of aliphatic imine (C=N–C) groups is 1. The molecule has 0 aliphatic carbocycles. The van der Waals surface area contributed by atoms with Crippen LogP contribution in [0.2, 0.25) is 0 Å². The highest BCUT2D eigenvalue weighted by molar-refractivity contribution is 9.11. The summed E-state index contributed by atoms with van der Waals surface area (Å²) >= 11 is 6.67. The summed E-state index contributed by atoms with van der Waals surface area (Å²) in [5, 5.41) is 0. The second kappa shape index (κ2) is 8.71. The quantitative estimate of drug-likeness (QED) is 0.335. The van der Waals surface area contributed by atoms with Crippen LogP contribution < -0.4 is 9.47 Å². The van der Waals surface area contributed by atoms with E-state index >= 15 is 0 Å². The zero-order valence-corrected chi connectivity index (χ0v) is 18.4. The van der Waals surface area contributed by atoms with Gasteiger partial charge in [0.2, 0.25) is 5.90 Å². The number of halogens is 2. The van der Waals surface area contributed by atoms with Gasteiger partial charge in [0, 0.05) is 19.4 Å². The molecule has 0 saturated carbocycles. The van der Waals surface area contributed by atoms with Crippen LogP contribution in [0, 0.1) is 0 Å². The molecule has 9 heteroatoms. The van der Waals surface area contributed by atoms with Crippen molar-refractivity contribution >= 4 is 61.7 Å². The van der Waals surface area contributed by atoms with E-state index in [1.165, 1.54) is 13.8 Å². The van der Waals surface area contributed by atoms with E-state index in [-0.39, 0.29) is 11.6 Å². The third kappa shape index (κ3) is 5.18. The van der Waals surface area contributed by atoms with Crippen molar-refractivity contribution in [2.45, 2.75) is 13.8 Å². The van der Waals surface area contributed by atoms with Gasteiger partial charge in [-0.15, -0.1) is 0 Å². The van der Waals surface area contributed by atoms with Gasteiger partial charge in [-0.25, -0.2) is 9.79 Å². The zero-order valence-electron chi connectivity index (χ0n) is 15.2. The first-order valence-electron chi connectivity index (χ1n) is 8.22. The number of esters is 3. The Morgan fingerprint density at radius 2 is 1.69 bits per heavy atom. The maximum Gasteiger partial charge on any atom is 0.363 e. The highest BCUT2D eigenvalue weighted by Gasteiger charge is 2.25. The number of benzene rings is 2. The fourth-order valence-corrected chi connectivity index (χ4v) is 3.84. The molecule has 0 bridgehead atoms. The smallest absolute Gasteiger partial charge is 0.363 e. The normalized spacial score (nSPS) is 14.4. The van der Waals surface area contributed by atoms with Gasteiger partial charge in [0.1, 0.15) is 5.75 Å². The van der Waals surface area contributed by atoms with Crippen LogP contribution in [0.5, 0.6) is 11.5 Å². The van der Waals surface area contributed by atoms with Gasteiger partial charge in [-0.3, -0.25) is 9.59 Å². The van der Waals surface area contributed by atoms with Crippen LogP contribution >= 0.6 is 31.9 Å². The molecular formula is C20H13Br2NO6. The Hall–Kier alpha value is -2.78. The molecule has 148 valence electrons. The molecule has 1 aliphatic heterocycles. The minimum absolute atomic E-state index is 0.0944. The SMILES string of the molecule is CC(=O)Oc1cccc(C2=NC(=Cc3cc(Br)c(OC(C)=O)c(Br)c3)C(=O)O2)c1. The minimum Gasteiger partial charge on any atom is -0.427 e. The molecule has 0 unspecified atom stereocenters. The van der Waals surface area contributed by atoms with Crippen LogP contribution in [0.1, 0.15) is 25.0 Å². The molecule has 0 spiro atoms. The lowest BCUT2D eigenvalue weighted by molar-refractivity contribution is -0.132. The number of rotatable bonds is 4. The molecule has 0 N–H and O–H groups in total. The number of carbonyl (C=O) groups excluding carboxylic acids is 3. The molecule has 1 aliphatic rings. The lowest BCUT2D eigenvalue weighted by atomic mass is 10.2. The van der Waals surface area contributed by atoms with E-state index in [1.807, 2.05) is 0 Å². The van der Waals surface area contributed by atoms with Gasteiger partial charge in [-0.2, -0.15) is 0 Å². The third-order valence-corrected chi connectivity index (χ3v) is 4.71. The van der Waals surface area contributed by atoms with Crippen LogP contribution in [0.3, 0.4) is 0 Å². The van der Waals surface area contributed by atoms with Crippen molar-refractivity contribution < 1.29 is 28.6 Å². The fourth-order valence-electron chi connectivity index (χ4n) is 2.45. The van der Waals surface area contributed by atoms with Crippen LogP contribution in [-0.4, -0.2) is 23.8 Å². The molecule has 0 atom stereocenters. The lowest BCUT2D eigenvalue weighted by Crippen LogP contribution is -2.06. The van der Waals surface area contributed by atoms with E-state index in [0.29, 0.717) is 31.6 Å². The van der Waals surface area contributed by atoms with Crippen molar-refractivity contribution in [1.29, 1.82) is 0 Å². The summed E-state index contributed by atoms with van der Waals surface area (Å²) in [6.07, 6.45) is 1.54. The second-order valence-electron chi connectivity index (χ2n) is 5.86. The molecular weight excluding hydrogens is 510 g/mol. The highest BCUT2D eigenvalue weighted by Crippen LogP contribution is 2.36. The summed E-state index contributed by atoms with van der Waals surface area (Å²) in [5.41, 5.74) is 1.22. The van der Waals surface area contributed by atoms with E-state index < -0.39 is 17.9 Å². The van der Waals surface area contributed by atoms with Gasteiger partial charge in [-0.1, -0.05) is 6.07 Å². The predicted octanol–water partition coefficient (Wildman–Crippen LogP) is 4.41. The van der Waals surface area contributed by atoms with E-state index in [0.717, 1.165) is 0 Å². The maximum atomic E-state index is 12.2. The highest BCUT2D eigenvalue weighted by atomic mass is 79.9. The fraction of sp³-hybridized carbons (Fsp3) is 0.100. The maximum absolute atomic E-state index is 12.2. The zero-order chi connectivity index (χ0) is 21.1. The number of carbonyl (C=O) groups is 3. The van der Waals surface area contributed by atoms with Crippen molar-refractivity contribution in [2.24, 2.45) is 4.99 Å². The number of nitrogens with zero attached hydrogens (tertiary/aromatic N) is 1. The Morgan fingerprint density at radius 3 is 2.31 bits per heavy atom. The van der Waals surface area contributed by atoms with Gasteiger partial charge < -0.3 is 14.2 Å². The lowest BCUT2D eigenvalue weighted by Gasteiger charge is -2.08. The molecule has 1 heterocycles. The van der Waals surface area contributed by atoms with Crippen LogP contribution in [0.4, 0.5) is 0 Å². The minimum atomic E-state index is -0.616. The average Bonchev–Trinajstić information content (AvgIpc) is 2.98. The largest absolute Gasteiger partial charge is 0.427 e. The van der Waals surface area contributed by atoms with Gasteiger partial charge in [0.15, 0.2) is 11.4 Å². The topological polar surface area (TPSA) is 91.3 Å². The molecule has 0 aromatic heterocycles. The Labute approximate surface area is 182 Å². The predicted molar refractivity (Wildman–Crippen MR) is 112 cm³/mol. The average molecular weight is 523 g/mol. The van der Waals surface area contributed by atoms with Crippen LogP contribution in [0.25, 0.3) is 6.08 Å². The van der Waals surface area contributed by atoms with Gasteiger partial charge in [-0.05, 0) is 73.8 Å². The Bertz CT molecular complexity index is 1070. The summed E-state index contributed by atoms with van der Waals surface area (Å²) in [4.78, 5) is 38.8. The summed E-state index contributed by atoms with van der Waals surface area (Å²) in [6, 6.07) is 9.86. The summed E-state index contributed by atoms with van der Waals surface area (Å²) in [5.74, 6) is -0.775. The van der Waals surface area contributed by atoms with Gasteiger partial charge in [0.25, 0.3) is 0 Å². The molecule has 2 aromatic carbocycles. The van der Waals surface area contributed by atoms with Gasteiger partial charge >= 0.3 is 17.9 Å². The number of cyclic esters (lactones) is 1. The molecule has 0 saturated heterocycles. The number of hydrogen-bond donors (Lipinski definition) is 0. The summed E-state index contributed by atoms with van der Waals surface area (Å²) in [6.45, 7) is 2.60. The van der Waals surface area contributed by atoms with Crippen molar-refractivity contribution in [2.75, 3.05) is 0 Å². The standard InChI is InChI=1S/C20H13Br2NO6/c1-10(24)27-14-5-3-4-13(9-14)19-23-17(20(26)29-19)8-12-6-15(21)18(16(22)7-12)28-11(2)25/h3-9H,1-2H3. The first kappa shape index (κ1) is 20.9. The Kier molecular flexibility index (Phi) is 6.29. The summed E-state index contributed by atoms with van der Waals surface area (Å²) < 4.78 is 16.5. The third-order valence-electron chi connectivity index (χ3n) is 3.53. The van der Waals surface area contributed by atoms with Gasteiger partial charge in [0.05, 0.1) is 8.95 Å². The van der Waals surface area contributed by atoms with Crippen molar-refractivity contribution in [3.63, 3.8) is 0 Å². The van der Waals surface area contributed by atoms with E-state index in [9.17, 15) is 14.4 Å². The molecule has 0 fully saturated rings. The molecule has 0 amide bonds. The van der Waals surface area contributed by atoms with Crippen molar-refractivity contribution in [3.8, 4) is 11.5 Å². The molecule has 2 aromatic rings. The van der Waals surface area contributed by atoms with Crippen LogP contribution in [-0.2, 0) is 19.1 Å². The molecule has 3 rings (SSSR count). The number of hydrogen-bond acceptors (Lipinski definition) is 7. The molecule has 29 heavy (non-hydrogen) atoms. The Balaban J connectivity index is 1.91.